The molecule has 0 unspecified atom stereocenters. The van der Waals surface area contributed by atoms with Crippen LogP contribution in [0.5, 0.6) is 0 Å². The van der Waals surface area contributed by atoms with Crippen LogP contribution in [0, 0.1) is 5.92 Å². The summed E-state index contributed by atoms with van der Waals surface area (Å²) in [7, 11) is -3.19. The summed E-state index contributed by atoms with van der Waals surface area (Å²) in [5, 5.41) is 2.55. The first-order valence-corrected chi connectivity index (χ1v) is 15.7. The normalized spacial score (nSPS) is 18.6. The van der Waals surface area contributed by atoms with Crippen LogP contribution in [-0.2, 0) is 31.0 Å². The van der Waals surface area contributed by atoms with Gasteiger partial charge in [-0.2, -0.15) is 0 Å². The number of amides is 1. The molecule has 2 aromatic carbocycles. The van der Waals surface area contributed by atoms with E-state index in [-0.39, 0.29) is 17.9 Å². The van der Waals surface area contributed by atoms with Gasteiger partial charge in [0.1, 0.15) is 5.25 Å². The van der Waals surface area contributed by atoms with Crippen LogP contribution in [0.3, 0.4) is 0 Å². The molecule has 2 aliphatic rings. The summed E-state index contributed by atoms with van der Waals surface area (Å²) in [5.41, 5.74) is 4.16. The number of nitrogens with one attached hydrogen (secondary N) is 1. The zero-order valence-electron chi connectivity index (χ0n) is 21.2. The molecule has 1 aliphatic heterocycles. The third-order valence-electron chi connectivity index (χ3n) is 6.82. The van der Waals surface area contributed by atoms with Crippen LogP contribution in [0.2, 0.25) is 0 Å². The van der Waals surface area contributed by atoms with Gasteiger partial charge in [0.2, 0.25) is 5.91 Å². The molecule has 8 heteroatoms. The molecule has 1 amide bonds. The molecule has 1 fully saturated rings. The Morgan fingerprint density at radius 2 is 1.67 bits per heavy atom. The fraction of sp³-hybridized carbons (Fsp3) is 0.500. The lowest BCUT2D eigenvalue weighted by molar-refractivity contribution is -0.115. The smallest absolute Gasteiger partial charge is 0.325 e. The molecule has 1 heterocycles. The zero-order valence-corrected chi connectivity index (χ0v) is 22.9. The second-order valence-corrected chi connectivity index (χ2v) is 12.7. The monoisotopic (exact) mass is 529 g/mol. The van der Waals surface area contributed by atoms with Crippen molar-refractivity contribution in [1.82, 2.24) is 0 Å². The van der Waals surface area contributed by atoms with Crippen LogP contribution in [0.25, 0.3) is 0 Å². The SMILES string of the molecule is CCOP(=O)(Cc1ccc(NC(=O)[C@@H]2SCC(=O)c3cc(CC4CCCCC4)ccc32)cc1)OCC. The first kappa shape index (κ1) is 27.1. The van der Waals surface area contributed by atoms with Crippen molar-refractivity contribution in [3.63, 3.8) is 0 Å². The van der Waals surface area contributed by atoms with Crippen LogP contribution in [0.1, 0.15) is 78.2 Å². The number of anilines is 1. The van der Waals surface area contributed by atoms with Gasteiger partial charge in [-0.05, 0) is 61.1 Å². The number of carbonyl (C=O) groups excluding carboxylic acids is 2. The highest BCUT2D eigenvalue weighted by molar-refractivity contribution is 8.01. The number of thioether (sulfide) groups is 1. The minimum absolute atomic E-state index is 0.0990. The molecule has 1 aliphatic carbocycles. The minimum atomic E-state index is -3.19. The summed E-state index contributed by atoms with van der Waals surface area (Å²) in [6.07, 6.45) is 7.65. The standard InChI is InChI=1S/C28H36NO5PS/c1-3-33-35(32,34-4-2)18-21-10-13-23(14-11-21)29-28(31)27-24-15-12-22(16-20-8-6-5-7-9-20)17-25(24)26(30)19-36-27/h10-15,17,20,27H,3-9,16,18-19H2,1-2H3,(H,29,31)/t27-/m1/s1. The van der Waals surface area contributed by atoms with Crippen LogP contribution in [0.15, 0.2) is 42.5 Å². The molecule has 4 rings (SSSR count). The van der Waals surface area contributed by atoms with Crippen LogP contribution in [-0.4, -0.2) is 30.7 Å². The summed E-state index contributed by atoms with van der Waals surface area (Å²) in [4.78, 5) is 25.9. The fourth-order valence-corrected chi connectivity index (χ4v) is 7.89. The van der Waals surface area contributed by atoms with Crippen molar-refractivity contribution in [2.24, 2.45) is 5.92 Å². The van der Waals surface area contributed by atoms with Crippen LogP contribution < -0.4 is 5.32 Å². The Hall–Kier alpha value is -1.92. The van der Waals surface area contributed by atoms with Gasteiger partial charge in [0.05, 0.1) is 25.1 Å². The molecule has 194 valence electrons. The van der Waals surface area contributed by atoms with E-state index in [9.17, 15) is 14.2 Å². The second-order valence-electron chi connectivity index (χ2n) is 9.53. The lowest BCUT2D eigenvalue weighted by Crippen LogP contribution is -2.26. The molecule has 1 N–H and O–H groups in total. The Morgan fingerprint density at radius 3 is 2.33 bits per heavy atom. The average Bonchev–Trinajstić information content (AvgIpc) is 2.86. The van der Waals surface area contributed by atoms with Gasteiger partial charge in [0.15, 0.2) is 5.78 Å². The van der Waals surface area contributed by atoms with Crippen molar-refractivity contribution in [2.45, 2.75) is 63.8 Å². The van der Waals surface area contributed by atoms with Gasteiger partial charge in [-0.15, -0.1) is 11.8 Å². The second kappa shape index (κ2) is 12.6. The van der Waals surface area contributed by atoms with E-state index in [0.29, 0.717) is 36.1 Å². The largest absolute Gasteiger partial charge is 0.335 e. The maximum Gasteiger partial charge on any atom is 0.335 e. The van der Waals surface area contributed by atoms with Crippen molar-refractivity contribution in [3.8, 4) is 0 Å². The summed E-state index contributed by atoms with van der Waals surface area (Å²) >= 11 is 1.37. The van der Waals surface area contributed by atoms with Crippen molar-refractivity contribution in [2.75, 3.05) is 24.3 Å². The Morgan fingerprint density at radius 1 is 1.00 bits per heavy atom. The Bertz CT molecular complexity index is 1100. The first-order chi connectivity index (χ1) is 17.4. The molecule has 0 spiro atoms. The van der Waals surface area contributed by atoms with Crippen molar-refractivity contribution < 1.29 is 23.2 Å². The lowest BCUT2D eigenvalue weighted by Gasteiger charge is -2.25. The Kier molecular flexibility index (Phi) is 9.46. The average molecular weight is 530 g/mol. The number of rotatable bonds is 10. The third kappa shape index (κ3) is 6.89. The molecule has 2 aromatic rings. The number of fused-ring (bicyclic) bond motifs is 1. The molecule has 0 saturated heterocycles. The van der Waals surface area contributed by atoms with Crippen molar-refractivity contribution in [1.29, 1.82) is 0 Å². The number of hydrogen-bond acceptors (Lipinski definition) is 6. The van der Waals surface area contributed by atoms with E-state index < -0.39 is 12.8 Å². The molecular formula is C28H36NO5PS. The molecule has 0 aromatic heterocycles. The van der Waals surface area contributed by atoms with Gasteiger partial charge >= 0.3 is 7.60 Å². The first-order valence-electron chi connectivity index (χ1n) is 13.0. The molecular weight excluding hydrogens is 493 g/mol. The molecule has 1 saturated carbocycles. The van der Waals surface area contributed by atoms with E-state index in [1.54, 1.807) is 26.0 Å². The topological polar surface area (TPSA) is 81.7 Å². The van der Waals surface area contributed by atoms with Crippen LogP contribution in [0.4, 0.5) is 5.69 Å². The number of carbonyl (C=O) groups is 2. The third-order valence-corrected chi connectivity index (χ3v) is 10.1. The van der Waals surface area contributed by atoms with Gasteiger partial charge in [-0.3, -0.25) is 14.2 Å². The summed E-state index contributed by atoms with van der Waals surface area (Å²) < 4.78 is 23.5. The van der Waals surface area contributed by atoms with Gasteiger partial charge in [0, 0.05) is 11.3 Å². The summed E-state index contributed by atoms with van der Waals surface area (Å²) in [6.45, 7) is 4.21. The molecule has 0 bridgehead atoms. The number of Topliss-reactive ketones (excluding diaryl/α,β-unsaturated/α-hetero) is 1. The lowest BCUT2D eigenvalue weighted by atomic mass is 9.84. The summed E-state index contributed by atoms with van der Waals surface area (Å²) in [6, 6.07) is 13.3. The molecule has 0 radical (unpaired) electrons. The highest BCUT2D eigenvalue weighted by atomic mass is 32.2. The van der Waals surface area contributed by atoms with Gasteiger partial charge < -0.3 is 14.4 Å². The van der Waals surface area contributed by atoms with Gasteiger partial charge in [0.25, 0.3) is 0 Å². The maximum absolute atomic E-state index is 13.2. The highest BCUT2D eigenvalue weighted by Gasteiger charge is 2.32. The van der Waals surface area contributed by atoms with Crippen molar-refractivity contribution >= 4 is 36.7 Å². The zero-order chi connectivity index (χ0) is 25.5. The number of benzene rings is 2. The Labute approximate surface area is 218 Å². The van der Waals surface area contributed by atoms with E-state index in [1.165, 1.54) is 49.4 Å². The number of ketones is 1. The van der Waals surface area contributed by atoms with Crippen LogP contribution >= 0.6 is 19.4 Å². The van der Waals surface area contributed by atoms with E-state index in [1.807, 2.05) is 24.3 Å². The molecule has 1 atom stereocenters. The van der Waals surface area contributed by atoms with E-state index in [2.05, 4.69) is 11.4 Å². The molecule has 6 nitrogen and oxygen atoms in total. The van der Waals surface area contributed by atoms with E-state index in [4.69, 9.17) is 9.05 Å². The summed E-state index contributed by atoms with van der Waals surface area (Å²) in [5.74, 6) is 0.960. The molecule has 36 heavy (non-hydrogen) atoms. The number of hydrogen-bond donors (Lipinski definition) is 1. The highest BCUT2D eigenvalue weighted by Crippen LogP contribution is 2.51. The van der Waals surface area contributed by atoms with E-state index >= 15 is 0 Å². The predicted octanol–water partition coefficient (Wildman–Crippen LogP) is 7.18. The predicted molar refractivity (Wildman–Crippen MR) is 146 cm³/mol. The maximum atomic E-state index is 13.2. The fourth-order valence-electron chi connectivity index (χ4n) is 5.12. The van der Waals surface area contributed by atoms with Crippen molar-refractivity contribution in [3.05, 3.63) is 64.7 Å². The van der Waals surface area contributed by atoms with E-state index in [0.717, 1.165) is 17.5 Å². The van der Waals surface area contributed by atoms with Gasteiger partial charge in [-0.1, -0.05) is 56.4 Å². The van der Waals surface area contributed by atoms with Gasteiger partial charge in [-0.25, -0.2) is 0 Å². The quantitative estimate of drug-likeness (QED) is 0.328. The minimum Gasteiger partial charge on any atom is -0.325 e. The Balaban J connectivity index is 1.42.